The average Bonchev–Trinajstić information content (AvgIpc) is 3.17. The molecule has 0 spiro atoms. The van der Waals surface area contributed by atoms with Gasteiger partial charge in [-0.1, -0.05) is 140 Å². The maximum atomic E-state index is 4.59. The van der Waals surface area contributed by atoms with E-state index in [1.165, 1.54) is 54.9 Å². The SMILES string of the molecule is C1=CC2=CC=CC(c3ccc4c(-c5ccc(-c6ccccn6)cc5)c5ccccc5c(-c5ccc(-c6ccccn6)cc5)c4c3)C2C=C1. The first kappa shape index (κ1) is 28.1. The molecule has 2 nitrogen and oxygen atoms in total. The fourth-order valence-electron chi connectivity index (χ4n) is 7.50. The highest BCUT2D eigenvalue weighted by Gasteiger charge is 2.26. The van der Waals surface area contributed by atoms with Gasteiger partial charge in [-0.25, -0.2) is 0 Å². The van der Waals surface area contributed by atoms with Gasteiger partial charge in [0.2, 0.25) is 0 Å². The molecule has 0 saturated carbocycles. The Morgan fingerprint density at radius 2 is 0.958 bits per heavy atom. The van der Waals surface area contributed by atoms with Gasteiger partial charge in [0.1, 0.15) is 0 Å². The van der Waals surface area contributed by atoms with E-state index in [0.29, 0.717) is 5.92 Å². The molecule has 0 saturated heterocycles. The normalized spacial score (nSPS) is 16.6. The summed E-state index contributed by atoms with van der Waals surface area (Å²) in [6, 6.07) is 46.0. The minimum Gasteiger partial charge on any atom is -0.256 e. The minimum atomic E-state index is 0.266. The summed E-state index contributed by atoms with van der Waals surface area (Å²) in [4.78, 5) is 9.18. The van der Waals surface area contributed by atoms with Crippen LogP contribution in [0.2, 0.25) is 0 Å². The number of rotatable bonds is 5. The van der Waals surface area contributed by atoms with E-state index in [9.17, 15) is 0 Å². The van der Waals surface area contributed by atoms with Crippen LogP contribution in [0.3, 0.4) is 0 Å². The molecule has 2 aromatic heterocycles. The lowest BCUT2D eigenvalue weighted by molar-refractivity contribution is 0.671. The number of hydrogen-bond acceptors (Lipinski definition) is 2. The van der Waals surface area contributed by atoms with Gasteiger partial charge in [-0.2, -0.15) is 0 Å². The molecule has 7 aromatic rings. The Balaban J connectivity index is 1.27. The van der Waals surface area contributed by atoms with E-state index in [0.717, 1.165) is 22.5 Å². The van der Waals surface area contributed by atoms with Gasteiger partial charge in [0.05, 0.1) is 11.4 Å². The standard InChI is InChI=1S/C46H32N2/c1-2-12-37-31(10-1)11-9-15-38(37)36-26-27-41-42(30-36)46(35-24-20-33(21-25-35)44-17-6-8-29-48-44)40-14-4-3-13-39(40)45(41)34-22-18-32(19-23-34)43-16-5-7-28-47-43/h1-30,37-38H. The molecule has 48 heavy (non-hydrogen) atoms. The summed E-state index contributed by atoms with van der Waals surface area (Å²) < 4.78 is 0. The molecule has 2 heteroatoms. The first-order valence-electron chi connectivity index (χ1n) is 16.6. The van der Waals surface area contributed by atoms with Crippen LogP contribution >= 0.6 is 0 Å². The lowest BCUT2D eigenvalue weighted by Crippen LogP contribution is -2.14. The number of allylic oxidation sites excluding steroid dienone is 8. The summed E-state index contributed by atoms with van der Waals surface area (Å²) in [5, 5.41) is 5.01. The van der Waals surface area contributed by atoms with Gasteiger partial charge in [-0.3, -0.25) is 9.97 Å². The van der Waals surface area contributed by atoms with Crippen LogP contribution in [0.25, 0.3) is 66.3 Å². The highest BCUT2D eigenvalue weighted by molar-refractivity contribution is 6.21. The van der Waals surface area contributed by atoms with E-state index < -0.39 is 0 Å². The third-order valence-electron chi connectivity index (χ3n) is 9.80. The van der Waals surface area contributed by atoms with E-state index in [1.807, 2.05) is 36.7 Å². The number of benzene rings is 5. The minimum absolute atomic E-state index is 0.266. The lowest BCUT2D eigenvalue weighted by Gasteiger charge is -2.28. The third-order valence-corrected chi connectivity index (χ3v) is 9.80. The highest BCUT2D eigenvalue weighted by Crippen LogP contribution is 2.46. The number of fused-ring (bicyclic) bond motifs is 3. The van der Waals surface area contributed by atoms with E-state index in [2.05, 4.69) is 156 Å². The van der Waals surface area contributed by atoms with Gasteiger partial charge in [-0.05, 0) is 85.3 Å². The summed E-state index contributed by atoms with van der Waals surface area (Å²) in [6.07, 6.45) is 19.4. The van der Waals surface area contributed by atoms with Crippen molar-refractivity contribution in [3.05, 3.63) is 193 Å². The largest absolute Gasteiger partial charge is 0.256 e. The van der Waals surface area contributed by atoms with E-state index in [1.54, 1.807) is 0 Å². The molecule has 2 unspecified atom stereocenters. The molecule has 5 aromatic carbocycles. The van der Waals surface area contributed by atoms with Crippen molar-refractivity contribution in [2.24, 2.45) is 5.92 Å². The van der Waals surface area contributed by atoms with Gasteiger partial charge in [0.25, 0.3) is 0 Å². The Hall–Kier alpha value is -6.12. The molecular formula is C46H32N2. The van der Waals surface area contributed by atoms with Crippen molar-refractivity contribution in [2.75, 3.05) is 0 Å². The van der Waals surface area contributed by atoms with Crippen molar-refractivity contribution < 1.29 is 0 Å². The third kappa shape index (κ3) is 4.90. The van der Waals surface area contributed by atoms with E-state index in [4.69, 9.17) is 0 Å². The summed E-state index contributed by atoms with van der Waals surface area (Å²) in [5.41, 5.74) is 11.8. The second-order valence-corrected chi connectivity index (χ2v) is 12.5. The average molecular weight is 613 g/mol. The van der Waals surface area contributed by atoms with Gasteiger partial charge < -0.3 is 0 Å². The van der Waals surface area contributed by atoms with Gasteiger partial charge in [0, 0.05) is 35.4 Å². The summed E-state index contributed by atoms with van der Waals surface area (Å²) in [5.74, 6) is 0.597. The van der Waals surface area contributed by atoms with E-state index in [-0.39, 0.29) is 5.92 Å². The number of nitrogens with zero attached hydrogens (tertiary/aromatic N) is 2. The van der Waals surface area contributed by atoms with Crippen LogP contribution in [-0.4, -0.2) is 9.97 Å². The number of hydrogen-bond donors (Lipinski definition) is 0. The van der Waals surface area contributed by atoms with Gasteiger partial charge >= 0.3 is 0 Å². The van der Waals surface area contributed by atoms with Crippen molar-refractivity contribution in [2.45, 2.75) is 5.92 Å². The van der Waals surface area contributed by atoms with Crippen molar-refractivity contribution in [1.29, 1.82) is 0 Å². The molecule has 0 aliphatic heterocycles. The Morgan fingerprint density at radius 1 is 0.417 bits per heavy atom. The zero-order chi connectivity index (χ0) is 31.9. The first-order valence-corrected chi connectivity index (χ1v) is 16.6. The molecule has 226 valence electrons. The molecule has 0 radical (unpaired) electrons. The summed E-state index contributed by atoms with van der Waals surface area (Å²) in [6.45, 7) is 0. The molecule has 0 bridgehead atoms. The van der Waals surface area contributed by atoms with Crippen molar-refractivity contribution in [3.63, 3.8) is 0 Å². The quantitative estimate of drug-likeness (QED) is 0.181. The number of pyridine rings is 2. The molecule has 0 amide bonds. The van der Waals surface area contributed by atoms with Crippen molar-refractivity contribution in [1.82, 2.24) is 9.97 Å². The molecule has 0 fully saturated rings. The molecule has 2 heterocycles. The van der Waals surface area contributed by atoms with Crippen LogP contribution in [0.15, 0.2) is 188 Å². The Bertz CT molecular complexity index is 2410. The molecule has 9 rings (SSSR count). The molecule has 2 aliphatic rings. The van der Waals surface area contributed by atoms with E-state index >= 15 is 0 Å². The zero-order valence-electron chi connectivity index (χ0n) is 26.4. The molecule has 2 atom stereocenters. The maximum absolute atomic E-state index is 4.59. The molecule has 2 aliphatic carbocycles. The van der Waals surface area contributed by atoms with Crippen molar-refractivity contribution in [3.8, 4) is 44.8 Å². The van der Waals surface area contributed by atoms with Crippen molar-refractivity contribution >= 4 is 21.5 Å². The predicted octanol–water partition coefficient (Wildman–Crippen LogP) is 11.8. The number of aromatic nitrogens is 2. The van der Waals surface area contributed by atoms with Crippen LogP contribution in [0.1, 0.15) is 11.5 Å². The van der Waals surface area contributed by atoms with Gasteiger partial charge in [0.15, 0.2) is 0 Å². The molecular weight excluding hydrogens is 581 g/mol. The smallest absolute Gasteiger partial charge is 0.0701 e. The second-order valence-electron chi connectivity index (χ2n) is 12.5. The zero-order valence-corrected chi connectivity index (χ0v) is 26.4. The monoisotopic (exact) mass is 612 g/mol. The second kappa shape index (κ2) is 11.9. The first-order chi connectivity index (χ1) is 23.8. The predicted molar refractivity (Wildman–Crippen MR) is 201 cm³/mol. The van der Waals surface area contributed by atoms with Crippen LogP contribution in [-0.2, 0) is 0 Å². The summed E-state index contributed by atoms with van der Waals surface area (Å²) >= 11 is 0. The Kier molecular flexibility index (Phi) is 6.98. The van der Waals surface area contributed by atoms with Crippen LogP contribution in [0.4, 0.5) is 0 Å². The topological polar surface area (TPSA) is 25.8 Å². The van der Waals surface area contributed by atoms with Gasteiger partial charge in [-0.15, -0.1) is 0 Å². The van der Waals surface area contributed by atoms with Crippen LogP contribution in [0, 0.1) is 5.92 Å². The summed E-state index contributed by atoms with van der Waals surface area (Å²) in [7, 11) is 0. The van der Waals surface area contributed by atoms with Crippen LogP contribution < -0.4 is 0 Å². The lowest BCUT2D eigenvalue weighted by atomic mass is 9.75. The molecule has 0 N–H and O–H groups in total. The van der Waals surface area contributed by atoms with Crippen LogP contribution in [0.5, 0.6) is 0 Å². The fraction of sp³-hybridized carbons (Fsp3) is 0.0435. The highest BCUT2D eigenvalue weighted by atomic mass is 14.7. The maximum Gasteiger partial charge on any atom is 0.0701 e. The fourth-order valence-corrected chi connectivity index (χ4v) is 7.50. The Labute approximate surface area is 280 Å². The Morgan fingerprint density at radius 3 is 1.56 bits per heavy atom.